The third kappa shape index (κ3) is 4.13. The number of carbonyl (C=O) groups is 1. The summed E-state index contributed by atoms with van der Waals surface area (Å²) < 4.78 is 33.2. The zero-order valence-corrected chi connectivity index (χ0v) is 19.4. The fraction of sp³-hybridized carbons (Fsp3) is 0.154. The number of nitrogens with zero attached hydrogens (tertiary/aromatic N) is 3. The number of aromatic nitrogens is 1. The van der Waals surface area contributed by atoms with Crippen LogP contribution in [0.25, 0.3) is 10.9 Å². The number of amides is 1. The number of aliphatic imine (C=N–C) groups is 1. The summed E-state index contributed by atoms with van der Waals surface area (Å²) in [6, 6.07) is 21.5. The second-order valence-electron chi connectivity index (χ2n) is 8.09. The number of hydrogen-bond donors (Lipinski definition) is 0. The monoisotopic (exact) mass is 473 g/mol. The maximum absolute atomic E-state index is 13.3. The summed E-state index contributed by atoms with van der Waals surface area (Å²) in [7, 11) is -3.76. The molecular formula is C26H23N3O4S. The zero-order chi connectivity index (χ0) is 23.7. The van der Waals surface area contributed by atoms with Gasteiger partial charge in [-0.15, -0.1) is 0 Å². The molecule has 7 nitrogen and oxygen atoms in total. The summed E-state index contributed by atoms with van der Waals surface area (Å²) in [4.78, 5) is 18.5. The van der Waals surface area contributed by atoms with E-state index >= 15 is 0 Å². The van der Waals surface area contributed by atoms with Gasteiger partial charge in [0.25, 0.3) is 15.9 Å². The smallest absolute Gasteiger partial charge is 0.268 e. The van der Waals surface area contributed by atoms with Crippen molar-refractivity contribution in [2.45, 2.75) is 11.8 Å². The number of ether oxygens (including phenoxy) is 1. The van der Waals surface area contributed by atoms with E-state index < -0.39 is 10.0 Å². The second-order valence-corrected chi connectivity index (χ2v) is 9.90. The summed E-state index contributed by atoms with van der Waals surface area (Å²) >= 11 is 0. The van der Waals surface area contributed by atoms with Gasteiger partial charge in [-0.25, -0.2) is 12.4 Å². The number of carbonyl (C=O) groups excluding carboxylic acids is 1. The second kappa shape index (κ2) is 8.89. The summed E-state index contributed by atoms with van der Waals surface area (Å²) in [6.45, 7) is 3.05. The summed E-state index contributed by atoms with van der Waals surface area (Å²) in [5.41, 5.74) is 3.77. The maximum atomic E-state index is 13.3. The Morgan fingerprint density at radius 3 is 2.44 bits per heavy atom. The lowest BCUT2D eigenvalue weighted by Crippen LogP contribution is -2.41. The van der Waals surface area contributed by atoms with Crippen molar-refractivity contribution in [3.8, 4) is 0 Å². The molecule has 1 fully saturated rings. The number of hydrogen-bond acceptors (Lipinski definition) is 5. The predicted octanol–water partition coefficient (Wildman–Crippen LogP) is 4.30. The van der Waals surface area contributed by atoms with Crippen LogP contribution < -0.4 is 4.90 Å². The standard InChI is InChI=1S/C26H23N3O4S/c1-19-6-12-23(13-7-19)34(31,32)29-17-20(24-4-2-3-5-25(24)29)16-27-21-8-10-22(11-9-21)28-14-15-33-18-26(28)30/h2-13,16-17H,14-15,18H2,1H3. The average molecular weight is 474 g/mol. The van der Waals surface area contributed by atoms with Crippen LogP contribution >= 0.6 is 0 Å². The Kier molecular flexibility index (Phi) is 5.77. The molecule has 34 heavy (non-hydrogen) atoms. The molecule has 1 amide bonds. The van der Waals surface area contributed by atoms with Crippen LogP contribution in [0.3, 0.4) is 0 Å². The summed E-state index contributed by atoms with van der Waals surface area (Å²) in [5, 5.41) is 0.789. The van der Waals surface area contributed by atoms with E-state index in [0.717, 1.165) is 16.6 Å². The van der Waals surface area contributed by atoms with E-state index in [2.05, 4.69) is 4.99 Å². The van der Waals surface area contributed by atoms with Crippen molar-refractivity contribution >= 4 is 44.4 Å². The molecular weight excluding hydrogens is 450 g/mol. The molecule has 0 aliphatic carbocycles. The Morgan fingerprint density at radius 1 is 0.971 bits per heavy atom. The van der Waals surface area contributed by atoms with Crippen molar-refractivity contribution in [3.63, 3.8) is 0 Å². The quantitative estimate of drug-likeness (QED) is 0.405. The molecule has 0 bridgehead atoms. The lowest BCUT2D eigenvalue weighted by atomic mass is 10.2. The van der Waals surface area contributed by atoms with Gasteiger partial charge in [0.05, 0.1) is 22.7 Å². The first kappa shape index (κ1) is 22.1. The highest BCUT2D eigenvalue weighted by atomic mass is 32.2. The minimum atomic E-state index is -3.76. The highest BCUT2D eigenvalue weighted by molar-refractivity contribution is 7.90. The minimum absolute atomic E-state index is 0.0647. The highest BCUT2D eigenvalue weighted by Crippen LogP contribution is 2.26. The molecule has 0 unspecified atom stereocenters. The van der Waals surface area contributed by atoms with Crippen molar-refractivity contribution in [2.75, 3.05) is 24.7 Å². The lowest BCUT2D eigenvalue weighted by molar-refractivity contribution is -0.125. The van der Waals surface area contributed by atoms with Gasteiger partial charge in [-0.05, 0) is 49.4 Å². The molecule has 1 aliphatic heterocycles. The first-order valence-electron chi connectivity index (χ1n) is 10.9. The number of fused-ring (bicyclic) bond motifs is 1. The van der Waals surface area contributed by atoms with Gasteiger partial charge < -0.3 is 9.64 Å². The van der Waals surface area contributed by atoms with Gasteiger partial charge in [-0.2, -0.15) is 0 Å². The molecule has 172 valence electrons. The third-order valence-corrected chi connectivity index (χ3v) is 7.47. The molecule has 1 aliphatic rings. The van der Waals surface area contributed by atoms with Crippen LogP contribution in [0.15, 0.2) is 88.9 Å². The van der Waals surface area contributed by atoms with E-state index in [9.17, 15) is 13.2 Å². The van der Waals surface area contributed by atoms with Crippen molar-refractivity contribution < 1.29 is 17.9 Å². The van der Waals surface area contributed by atoms with Gasteiger partial charge in [0.2, 0.25) is 0 Å². The molecule has 0 atom stereocenters. The first-order valence-corrected chi connectivity index (χ1v) is 12.3. The fourth-order valence-electron chi connectivity index (χ4n) is 3.95. The van der Waals surface area contributed by atoms with E-state index in [1.807, 2.05) is 49.4 Å². The number of rotatable bonds is 5. The van der Waals surface area contributed by atoms with Gasteiger partial charge in [-0.1, -0.05) is 35.9 Å². The van der Waals surface area contributed by atoms with Crippen molar-refractivity contribution in [3.05, 3.63) is 90.1 Å². The molecule has 8 heteroatoms. The van der Waals surface area contributed by atoms with E-state index in [1.165, 1.54) is 3.97 Å². The Morgan fingerprint density at radius 2 is 1.71 bits per heavy atom. The highest BCUT2D eigenvalue weighted by Gasteiger charge is 2.21. The number of benzene rings is 3. The van der Waals surface area contributed by atoms with Crippen LogP contribution in [0.1, 0.15) is 11.1 Å². The zero-order valence-electron chi connectivity index (χ0n) is 18.6. The Balaban J connectivity index is 1.47. The number of morpholine rings is 1. The summed E-state index contributed by atoms with van der Waals surface area (Å²) in [5.74, 6) is -0.0647. The van der Waals surface area contributed by atoms with Gasteiger partial charge in [0.1, 0.15) is 6.61 Å². The predicted molar refractivity (Wildman–Crippen MR) is 133 cm³/mol. The molecule has 1 saturated heterocycles. The number of anilines is 1. The molecule has 0 saturated carbocycles. The maximum Gasteiger partial charge on any atom is 0.268 e. The van der Waals surface area contributed by atoms with Gasteiger partial charge >= 0.3 is 0 Å². The van der Waals surface area contributed by atoms with Crippen molar-refractivity contribution in [2.24, 2.45) is 4.99 Å². The van der Waals surface area contributed by atoms with E-state index in [-0.39, 0.29) is 17.4 Å². The molecule has 1 aromatic heterocycles. The Bertz CT molecular complexity index is 1490. The average Bonchev–Trinajstić information content (AvgIpc) is 3.23. The van der Waals surface area contributed by atoms with E-state index in [4.69, 9.17) is 4.74 Å². The Hall–Kier alpha value is -3.75. The Labute approximate surface area is 198 Å². The van der Waals surface area contributed by atoms with Crippen LogP contribution in [0.2, 0.25) is 0 Å². The molecule has 0 N–H and O–H groups in total. The molecule has 3 aromatic carbocycles. The number of aryl methyl sites for hydroxylation is 1. The molecule has 2 heterocycles. The van der Waals surface area contributed by atoms with Gasteiger partial charge in [-0.3, -0.25) is 9.79 Å². The topological polar surface area (TPSA) is 81.0 Å². The van der Waals surface area contributed by atoms with Crippen LogP contribution in [0, 0.1) is 6.92 Å². The van der Waals surface area contributed by atoms with Crippen LogP contribution in [-0.4, -0.2) is 44.3 Å². The fourth-order valence-corrected chi connectivity index (χ4v) is 5.33. The molecule has 4 aromatic rings. The summed E-state index contributed by atoms with van der Waals surface area (Å²) in [6.07, 6.45) is 3.27. The SMILES string of the molecule is Cc1ccc(S(=O)(=O)n2cc(C=Nc3ccc(N4CCOCC4=O)cc3)c3ccccc32)cc1. The van der Waals surface area contributed by atoms with Gasteiger partial charge in [0, 0.05) is 35.6 Å². The third-order valence-electron chi connectivity index (χ3n) is 5.79. The molecule has 0 spiro atoms. The van der Waals surface area contributed by atoms with Crippen LogP contribution in [-0.2, 0) is 19.6 Å². The first-order chi connectivity index (χ1) is 16.4. The van der Waals surface area contributed by atoms with Crippen molar-refractivity contribution in [1.29, 1.82) is 0 Å². The molecule has 5 rings (SSSR count). The van der Waals surface area contributed by atoms with Crippen LogP contribution in [0.5, 0.6) is 0 Å². The van der Waals surface area contributed by atoms with Crippen LogP contribution in [0.4, 0.5) is 11.4 Å². The molecule has 0 radical (unpaired) electrons. The van der Waals surface area contributed by atoms with E-state index in [1.54, 1.807) is 47.6 Å². The number of para-hydroxylation sites is 1. The normalized spacial score (nSPS) is 14.9. The van der Waals surface area contributed by atoms with Crippen molar-refractivity contribution in [1.82, 2.24) is 3.97 Å². The largest absolute Gasteiger partial charge is 0.370 e. The lowest BCUT2D eigenvalue weighted by Gasteiger charge is -2.26. The van der Waals surface area contributed by atoms with Gasteiger partial charge in [0.15, 0.2) is 0 Å². The minimum Gasteiger partial charge on any atom is -0.370 e. The van der Waals surface area contributed by atoms with E-state index in [0.29, 0.717) is 29.9 Å².